The molecule has 1 aliphatic heterocycles. The number of hydrogen-bond donors (Lipinski definition) is 2. The Hall–Kier alpha value is -1.43. The molecule has 3 rings (SSSR count). The van der Waals surface area contributed by atoms with E-state index in [0.29, 0.717) is 25.6 Å². The predicted octanol–water partition coefficient (Wildman–Crippen LogP) is 1.85. The molecule has 2 N–H and O–H groups in total. The first kappa shape index (κ1) is 19.3. The second-order valence-electron chi connectivity index (χ2n) is 8.16. The number of hydrogen-bond acceptors (Lipinski definition) is 4. The minimum Gasteiger partial charge on any atom is -0.396 e. The average molecular weight is 360 g/mol. The van der Waals surface area contributed by atoms with Crippen molar-refractivity contribution in [1.29, 1.82) is 0 Å². The lowest BCUT2D eigenvalue weighted by atomic mass is 9.76. The summed E-state index contributed by atoms with van der Waals surface area (Å²) >= 11 is 0. The molecule has 1 saturated heterocycles. The van der Waals surface area contributed by atoms with Gasteiger partial charge in [-0.3, -0.25) is 9.69 Å². The van der Waals surface area contributed by atoms with Crippen LogP contribution in [0.2, 0.25) is 0 Å². The Morgan fingerprint density at radius 3 is 2.46 bits per heavy atom. The third kappa shape index (κ3) is 4.84. The summed E-state index contributed by atoms with van der Waals surface area (Å²) in [6, 6.07) is 10.6. The number of aliphatic hydroxyl groups is 2. The number of carbonyl (C=O) groups is 1. The van der Waals surface area contributed by atoms with Gasteiger partial charge in [-0.1, -0.05) is 30.3 Å². The van der Waals surface area contributed by atoms with Crippen LogP contribution < -0.4 is 0 Å². The highest BCUT2D eigenvalue weighted by molar-refractivity contribution is 5.73. The topological polar surface area (TPSA) is 64.0 Å². The van der Waals surface area contributed by atoms with E-state index in [4.69, 9.17) is 0 Å². The molecule has 1 saturated carbocycles. The maximum absolute atomic E-state index is 11.7. The summed E-state index contributed by atoms with van der Waals surface area (Å²) in [5.74, 6) is 0.664. The van der Waals surface area contributed by atoms with Gasteiger partial charge < -0.3 is 15.1 Å². The fraction of sp³-hybridized carbons (Fsp3) is 0.667. The molecular weight excluding hydrogens is 328 g/mol. The summed E-state index contributed by atoms with van der Waals surface area (Å²) in [5.41, 5.74) is 0.721. The van der Waals surface area contributed by atoms with E-state index >= 15 is 0 Å². The van der Waals surface area contributed by atoms with Crippen LogP contribution in [0, 0.1) is 5.92 Å². The third-order valence-electron chi connectivity index (χ3n) is 6.09. The van der Waals surface area contributed by atoms with Gasteiger partial charge in [0.15, 0.2) is 0 Å². The molecule has 1 aromatic carbocycles. The van der Waals surface area contributed by atoms with E-state index in [-0.39, 0.29) is 18.4 Å². The summed E-state index contributed by atoms with van der Waals surface area (Å²) in [4.78, 5) is 15.8. The molecule has 1 amide bonds. The van der Waals surface area contributed by atoms with Crippen molar-refractivity contribution in [1.82, 2.24) is 9.80 Å². The molecule has 0 aromatic heterocycles. The molecule has 26 heavy (non-hydrogen) atoms. The lowest BCUT2D eigenvalue weighted by molar-refractivity contribution is -0.129. The van der Waals surface area contributed by atoms with Gasteiger partial charge in [0.2, 0.25) is 5.91 Å². The zero-order valence-corrected chi connectivity index (χ0v) is 15.8. The molecule has 0 radical (unpaired) electrons. The molecular formula is C21H32N2O3. The van der Waals surface area contributed by atoms with E-state index in [1.54, 1.807) is 6.92 Å². The van der Waals surface area contributed by atoms with Crippen molar-refractivity contribution in [3.05, 3.63) is 35.9 Å². The van der Waals surface area contributed by atoms with Crippen LogP contribution in [-0.2, 0) is 4.79 Å². The van der Waals surface area contributed by atoms with Gasteiger partial charge in [0.25, 0.3) is 0 Å². The second kappa shape index (κ2) is 8.51. The third-order valence-corrected chi connectivity index (χ3v) is 6.09. The van der Waals surface area contributed by atoms with Gasteiger partial charge in [-0.2, -0.15) is 0 Å². The van der Waals surface area contributed by atoms with E-state index in [2.05, 4.69) is 29.2 Å². The van der Waals surface area contributed by atoms with Gasteiger partial charge in [0, 0.05) is 52.2 Å². The Morgan fingerprint density at radius 2 is 1.85 bits per heavy atom. The SMILES string of the molecule is CC(=O)N1CCN(CC2(O)CCC(c3ccccc3)CC2)C[C@H](CO)C1. The van der Waals surface area contributed by atoms with Crippen molar-refractivity contribution < 1.29 is 15.0 Å². The van der Waals surface area contributed by atoms with Crippen LogP contribution in [0.1, 0.15) is 44.1 Å². The summed E-state index contributed by atoms with van der Waals surface area (Å²) in [6.07, 6.45) is 3.64. The van der Waals surface area contributed by atoms with Crippen LogP contribution in [0.5, 0.6) is 0 Å². The second-order valence-corrected chi connectivity index (χ2v) is 8.16. The van der Waals surface area contributed by atoms with E-state index in [0.717, 1.165) is 38.8 Å². The number of aliphatic hydroxyl groups excluding tert-OH is 1. The molecule has 5 nitrogen and oxygen atoms in total. The lowest BCUT2D eigenvalue weighted by Gasteiger charge is -2.40. The standard InChI is InChI=1S/C21H32N2O3/c1-17(25)23-12-11-22(13-18(14-23)15-24)16-21(26)9-7-20(8-10-21)19-5-3-2-4-6-19/h2-6,18,20,24,26H,7-16H2,1H3/t18-,20?,21?/m0/s1. The number of benzene rings is 1. The molecule has 0 bridgehead atoms. The number of rotatable bonds is 4. The van der Waals surface area contributed by atoms with E-state index in [1.807, 2.05) is 11.0 Å². The molecule has 2 fully saturated rings. The normalized spacial score (nSPS) is 30.8. The Labute approximate surface area is 156 Å². The minimum atomic E-state index is -0.656. The monoisotopic (exact) mass is 360 g/mol. The van der Waals surface area contributed by atoms with Crippen molar-refractivity contribution in [2.75, 3.05) is 39.3 Å². The highest BCUT2D eigenvalue weighted by Crippen LogP contribution is 2.38. The molecule has 2 aliphatic rings. The molecule has 0 spiro atoms. The van der Waals surface area contributed by atoms with Crippen LogP contribution in [0.3, 0.4) is 0 Å². The first-order valence-corrected chi connectivity index (χ1v) is 9.85. The first-order chi connectivity index (χ1) is 12.5. The molecule has 1 heterocycles. The van der Waals surface area contributed by atoms with Gasteiger partial charge >= 0.3 is 0 Å². The maximum atomic E-state index is 11.7. The van der Waals surface area contributed by atoms with Crippen molar-refractivity contribution >= 4 is 5.91 Å². The van der Waals surface area contributed by atoms with Crippen molar-refractivity contribution in [2.24, 2.45) is 5.92 Å². The van der Waals surface area contributed by atoms with Crippen molar-refractivity contribution in [3.8, 4) is 0 Å². The molecule has 5 heteroatoms. The number of nitrogens with zero attached hydrogens (tertiary/aromatic N) is 2. The smallest absolute Gasteiger partial charge is 0.219 e. The zero-order valence-electron chi connectivity index (χ0n) is 15.8. The molecule has 1 aliphatic carbocycles. The number of β-amino-alcohol motifs (C(OH)–C–C–N with tert-alkyl or cyclic N) is 1. The summed E-state index contributed by atoms with van der Waals surface area (Å²) < 4.78 is 0. The fourth-order valence-corrected chi connectivity index (χ4v) is 4.51. The van der Waals surface area contributed by atoms with Crippen LogP contribution in [-0.4, -0.2) is 70.9 Å². The van der Waals surface area contributed by atoms with Gasteiger partial charge in [-0.15, -0.1) is 0 Å². The van der Waals surface area contributed by atoms with Gasteiger partial charge in [-0.25, -0.2) is 0 Å². The molecule has 0 unspecified atom stereocenters. The number of carbonyl (C=O) groups excluding carboxylic acids is 1. The van der Waals surface area contributed by atoms with Crippen molar-refractivity contribution in [2.45, 2.75) is 44.1 Å². The quantitative estimate of drug-likeness (QED) is 0.860. The zero-order chi connectivity index (χ0) is 18.6. The Balaban J connectivity index is 1.57. The minimum absolute atomic E-state index is 0.0608. The van der Waals surface area contributed by atoms with E-state index in [1.165, 1.54) is 5.56 Å². The summed E-state index contributed by atoms with van der Waals surface area (Å²) in [7, 11) is 0. The Kier molecular flexibility index (Phi) is 6.33. The van der Waals surface area contributed by atoms with Crippen LogP contribution in [0.15, 0.2) is 30.3 Å². The average Bonchev–Trinajstić information content (AvgIpc) is 2.85. The largest absolute Gasteiger partial charge is 0.396 e. The van der Waals surface area contributed by atoms with Crippen LogP contribution in [0.25, 0.3) is 0 Å². The van der Waals surface area contributed by atoms with Gasteiger partial charge in [-0.05, 0) is 37.2 Å². The molecule has 144 valence electrons. The Bertz CT molecular complexity index is 584. The fourth-order valence-electron chi connectivity index (χ4n) is 4.51. The maximum Gasteiger partial charge on any atom is 0.219 e. The molecule has 1 atom stereocenters. The number of amides is 1. The van der Waals surface area contributed by atoms with E-state index in [9.17, 15) is 15.0 Å². The predicted molar refractivity (Wildman–Crippen MR) is 102 cm³/mol. The Morgan fingerprint density at radius 1 is 1.15 bits per heavy atom. The van der Waals surface area contributed by atoms with Gasteiger partial charge in [0.05, 0.1) is 5.60 Å². The van der Waals surface area contributed by atoms with E-state index < -0.39 is 5.60 Å². The summed E-state index contributed by atoms with van der Waals surface area (Å²) in [5, 5.41) is 20.8. The lowest BCUT2D eigenvalue weighted by Crippen LogP contribution is -2.47. The molecule has 1 aromatic rings. The summed E-state index contributed by atoms with van der Waals surface area (Å²) in [6.45, 7) is 5.09. The highest BCUT2D eigenvalue weighted by Gasteiger charge is 2.36. The highest BCUT2D eigenvalue weighted by atomic mass is 16.3. The first-order valence-electron chi connectivity index (χ1n) is 9.85. The van der Waals surface area contributed by atoms with Crippen molar-refractivity contribution in [3.63, 3.8) is 0 Å². The van der Waals surface area contributed by atoms with Crippen LogP contribution in [0.4, 0.5) is 0 Å². The van der Waals surface area contributed by atoms with Crippen LogP contribution >= 0.6 is 0 Å². The van der Waals surface area contributed by atoms with Gasteiger partial charge in [0.1, 0.15) is 0 Å².